The van der Waals surface area contributed by atoms with Crippen LogP contribution in [0.3, 0.4) is 0 Å². The molecule has 1 aliphatic rings. The van der Waals surface area contributed by atoms with Crippen molar-refractivity contribution in [1.82, 2.24) is 4.98 Å². The van der Waals surface area contributed by atoms with Crippen LogP contribution in [-0.2, 0) is 16.0 Å². The zero-order valence-corrected chi connectivity index (χ0v) is 25.7. The van der Waals surface area contributed by atoms with E-state index < -0.39 is 17.4 Å². The number of benzene rings is 1. The number of esters is 1. The molecule has 2 amide bonds. The number of fused-ring (bicyclic) bond motifs is 1. The second kappa shape index (κ2) is 12.9. The molecule has 1 atom stereocenters. The van der Waals surface area contributed by atoms with Crippen LogP contribution in [0.2, 0.25) is 0 Å². The van der Waals surface area contributed by atoms with Gasteiger partial charge in [-0.3, -0.25) is 14.7 Å². The number of hydrogen-bond acceptors (Lipinski definition) is 7. The van der Waals surface area contributed by atoms with Crippen LogP contribution in [0.15, 0.2) is 29.4 Å². The number of pyridine rings is 1. The van der Waals surface area contributed by atoms with Gasteiger partial charge in [0.25, 0.3) is 0 Å². The molecule has 2 heterocycles. The number of nitrogens with one attached hydrogen (secondary N) is 1. The van der Waals surface area contributed by atoms with Crippen molar-refractivity contribution in [2.45, 2.75) is 73.3 Å². The Balaban J connectivity index is 1.85. The molecular formula is C31H45FN6O3. The van der Waals surface area contributed by atoms with E-state index in [0.29, 0.717) is 43.7 Å². The Morgan fingerprint density at radius 1 is 1.27 bits per heavy atom. The van der Waals surface area contributed by atoms with Crippen molar-refractivity contribution >= 4 is 41.1 Å². The van der Waals surface area contributed by atoms with E-state index in [1.165, 1.54) is 12.3 Å². The van der Waals surface area contributed by atoms with Crippen molar-refractivity contribution in [3.63, 3.8) is 0 Å². The first-order valence-electron chi connectivity index (χ1n) is 14.2. The number of aliphatic imine (C=N–C) groups is 1. The molecule has 0 saturated heterocycles. The molecule has 3 rings (SSSR count). The number of nitrogens with zero attached hydrogens (tertiary/aromatic N) is 4. The van der Waals surface area contributed by atoms with E-state index >= 15 is 0 Å². The first kappa shape index (κ1) is 31.8. The van der Waals surface area contributed by atoms with Crippen molar-refractivity contribution in [2.24, 2.45) is 16.3 Å². The van der Waals surface area contributed by atoms with Crippen molar-refractivity contribution in [3.05, 3.63) is 41.3 Å². The number of anilines is 4. The Hall–Kier alpha value is -3.69. The van der Waals surface area contributed by atoms with Gasteiger partial charge in [0.2, 0.25) is 0 Å². The minimum Gasteiger partial charge on any atom is -0.460 e. The van der Waals surface area contributed by atoms with Gasteiger partial charge >= 0.3 is 12.0 Å². The third-order valence-electron chi connectivity index (χ3n) is 6.76. The number of nitrogen functional groups attached to an aromatic ring is 1. The number of halogens is 1. The average molecular weight is 569 g/mol. The van der Waals surface area contributed by atoms with E-state index in [1.54, 1.807) is 24.2 Å². The first-order valence-corrected chi connectivity index (χ1v) is 14.2. The standard InChI is InChI=1S/C31H45FN6O3/c1-9-20(28(39)41-31(5,6)7)11-14-37(19-30(2,3)4)25-10-13-35-27-23(25)12-15-38(27)29(40)36-22-16-21(18-34-8)26(33)24(32)17-22/h10,13,16-18,20H,9,11-12,14-15,19,33H2,1-8H3,(H,36,40). The molecule has 224 valence electrons. The summed E-state index contributed by atoms with van der Waals surface area (Å²) >= 11 is 0. The second-order valence-electron chi connectivity index (χ2n) is 12.7. The van der Waals surface area contributed by atoms with Gasteiger partial charge in [-0.25, -0.2) is 14.2 Å². The van der Waals surface area contributed by atoms with Gasteiger partial charge in [-0.15, -0.1) is 0 Å². The summed E-state index contributed by atoms with van der Waals surface area (Å²) in [6, 6.07) is 4.35. The van der Waals surface area contributed by atoms with E-state index in [9.17, 15) is 14.0 Å². The van der Waals surface area contributed by atoms with E-state index in [1.807, 2.05) is 33.8 Å². The lowest BCUT2D eigenvalue weighted by Gasteiger charge is -2.34. The predicted octanol–water partition coefficient (Wildman–Crippen LogP) is 6.06. The van der Waals surface area contributed by atoms with Crippen LogP contribution in [0.25, 0.3) is 0 Å². The summed E-state index contributed by atoms with van der Waals surface area (Å²) in [4.78, 5) is 38.5. The number of nitrogens with two attached hydrogens (primary N) is 1. The number of aromatic nitrogens is 1. The van der Waals surface area contributed by atoms with Gasteiger partial charge in [-0.2, -0.15) is 0 Å². The molecule has 0 bridgehead atoms. The van der Waals surface area contributed by atoms with Crippen LogP contribution in [0.1, 0.15) is 72.4 Å². The number of hydrogen-bond donors (Lipinski definition) is 2. The van der Waals surface area contributed by atoms with Crippen molar-refractivity contribution in [3.8, 4) is 0 Å². The first-order chi connectivity index (χ1) is 19.1. The monoisotopic (exact) mass is 568 g/mol. The summed E-state index contributed by atoms with van der Waals surface area (Å²) in [5, 5.41) is 2.78. The Morgan fingerprint density at radius 3 is 2.59 bits per heavy atom. The second-order valence-corrected chi connectivity index (χ2v) is 12.7. The summed E-state index contributed by atoms with van der Waals surface area (Å²) in [7, 11) is 1.57. The fraction of sp³-hybridized carbons (Fsp3) is 0.548. The summed E-state index contributed by atoms with van der Waals surface area (Å²) in [5.74, 6) is -0.443. The fourth-order valence-electron chi connectivity index (χ4n) is 4.96. The van der Waals surface area contributed by atoms with Crippen LogP contribution in [0, 0.1) is 17.2 Å². The molecule has 0 spiro atoms. The number of carbonyl (C=O) groups is 2. The number of rotatable bonds is 9. The molecule has 0 aliphatic carbocycles. The maximum Gasteiger partial charge on any atom is 0.327 e. The molecule has 1 aromatic heterocycles. The topological polar surface area (TPSA) is 113 Å². The van der Waals surface area contributed by atoms with E-state index in [0.717, 1.165) is 17.8 Å². The SMILES string of the molecule is CCC(CCN(CC(C)(C)C)c1ccnc2c1CCN2C(=O)Nc1cc(F)c(N)c(C=NC)c1)C(=O)OC(C)(C)C. The summed E-state index contributed by atoms with van der Waals surface area (Å²) in [6.45, 7) is 16.0. The molecule has 3 N–H and O–H groups in total. The van der Waals surface area contributed by atoms with Gasteiger partial charge in [-0.1, -0.05) is 27.7 Å². The van der Waals surface area contributed by atoms with Crippen LogP contribution in [0.4, 0.5) is 32.1 Å². The molecule has 1 unspecified atom stereocenters. The third kappa shape index (κ3) is 8.41. The quantitative estimate of drug-likeness (QED) is 0.216. The van der Waals surface area contributed by atoms with Gasteiger partial charge < -0.3 is 20.7 Å². The van der Waals surface area contributed by atoms with Gasteiger partial charge in [0.05, 0.1) is 11.6 Å². The molecule has 41 heavy (non-hydrogen) atoms. The Labute approximate surface area is 243 Å². The molecule has 1 aliphatic heterocycles. The number of ether oxygens (including phenoxy) is 1. The van der Waals surface area contributed by atoms with E-state index in [-0.39, 0.29) is 28.7 Å². The number of urea groups is 1. The third-order valence-corrected chi connectivity index (χ3v) is 6.76. The Bertz CT molecular complexity index is 1280. The molecule has 0 radical (unpaired) electrons. The van der Waals surface area contributed by atoms with Crippen LogP contribution < -0.4 is 20.9 Å². The molecule has 9 nitrogen and oxygen atoms in total. The maximum atomic E-state index is 14.4. The fourth-order valence-corrected chi connectivity index (χ4v) is 4.96. The molecule has 0 fully saturated rings. The normalized spacial score (nSPS) is 14.2. The smallest absolute Gasteiger partial charge is 0.327 e. The Kier molecular flexibility index (Phi) is 9.99. The molecule has 0 saturated carbocycles. The minimum atomic E-state index is -0.630. The lowest BCUT2D eigenvalue weighted by atomic mass is 9.94. The van der Waals surface area contributed by atoms with Gasteiger partial charge in [0.15, 0.2) is 0 Å². The summed E-state index contributed by atoms with van der Waals surface area (Å²) in [5.41, 5.74) is 7.87. The molecular weight excluding hydrogens is 523 g/mol. The molecule has 2 aromatic rings. The van der Waals surface area contributed by atoms with Gasteiger partial charge in [-0.05, 0) is 63.6 Å². The minimum absolute atomic E-state index is 0.0157. The Morgan fingerprint density at radius 2 is 1.98 bits per heavy atom. The lowest BCUT2D eigenvalue weighted by Crippen LogP contribution is -2.36. The highest BCUT2D eigenvalue weighted by Gasteiger charge is 2.32. The highest BCUT2D eigenvalue weighted by Crippen LogP contribution is 2.36. The van der Waals surface area contributed by atoms with Crippen molar-refractivity contribution in [2.75, 3.05) is 47.5 Å². The highest BCUT2D eigenvalue weighted by atomic mass is 19.1. The molecule has 1 aromatic carbocycles. The van der Waals surface area contributed by atoms with Crippen molar-refractivity contribution < 1.29 is 18.7 Å². The largest absolute Gasteiger partial charge is 0.460 e. The number of carbonyl (C=O) groups excluding carboxylic acids is 2. The van der Waals surface area contributed by atoms with E-state index in [2.05, 4.69) is 41.0 Å². The van der Waals surface area contributed by atoms with Crippen LogP contribution in [-0.4, -0.2) is 55.5 Å². The molecule has 10 heteroatoms. The average Bonchev–Trinajstić information content (AvgIpc) is 3.29. The van der Waals surface area contributed by atoms with Crippen LogP contribution >= 0.6 is 0 Å². The summed E-state index contributed by atoms with van der Waals surface area (Å²) < 4.78 is 20.1. The van der Waals surface area contributed by atoms with Crippen LogP contribution in [0.5, 0.6) is 0 Å². The number of amides is 2. The van der Waals surface area contributed by atoms with Gasteiger partial charge in [0, 0.05) is 61.6 Å². The van der Waals surface area contributed by atoms with Crippen molar-refractivity contribution in [1.29, 1.82) is 0 Å². The highest BCUT2D eigenvalue weighted by molar-refractivity contribution is 6.03. The predicted molar refractivity (Wildman–Crippen MR) is 165 cm³/mol. The zero-order chi connectivity index (χ0) is 30.5. The van der Waals surface area contributed by atoms with E-state index in [4.69, 9.17) is 10.5 Å². The lowest BCUT2D eigenvalue weighted by molar-refractivity contribution is -0.160. The zero-order valence-electron chi connectivity index (χ0n) is 25.7. The van der Waals surface area contributed by atoms with Gasteiger partial charge in [0.1, 0.15) is 17.2 Å². The maximum absolute atomic E-state index is 14.4. The summed E-state index contributed by atoms with van der Waals surface area (Å²) in [6.07, 6.45) is 5.12.